The maximum Gasteiger partial charge on any atom is 0.173 e. The zero-order valence-corrected chi connectivity index (χ0v) is 8.42. The van der Waals surface area contributed by atoms with Gasteiger partial charge in [0.2, 0.25) is 0 Å². The van der Waals surface area contributed by atoms with Crippen molar-refractivity contribution >= 4 is 5.78 Å². The summed E-state index contributed by atoms with van der Waals surface area (Å²) in [5, 5.41) is 8.75. The molecule has 0 amide bonds. The van der Waals surface area contributed by atoms with Gasteiger partial charge >= 0.3 is 0 Å². The molecule has 1 aliphatic carbocycles. The second kappa shape index (κ2) is 3.21. The summed E-state index contributed by atoms with van der Waals surface area (Å²) in [6, 6.07) is 1.99. The van der Waals surface area contributed by atoms with E-state index in [-0.39, 0.29) is 11.2 Å². The van der Waals surface area contributed by atoms with Crippen LogP contribution in [0.3, 0.4) is 0 Å². The molecule has 74 valence electrons. The SMILES string of the molecule is CN1CCC2(C=C(C#N)C(=O)C2)CC1. The normalized spacial score (nSPS) is 26.3. The number of likely N-dealkylation sites (tertiary alicyclic amines) is 1. The van der Waals surface area contributed by atoms with Crippen molar-refractivity contribution in [2.45, 2.75) is 19.3 Å². The Morgan fingerprint density at radius 2 is 2.14 bits per heavy atom. The number of ketones is 1. The minimum Gasteiger partial charge on any atom is -0.306 e. The highest BCUT2D eigenvalue weighted by molar-refractivity contribution is 6.02. The van der Waals surface area contributed by atoms with Crippen LogP contribution in [0.15, 0.2) is 11.6 Å². The molecule has 0 aromatic rings. The first-order chi connectivity index (χ1) is 6.65. The first-order valence-corrected chi connectivity index (χ1v) is 5.00. The van der Waals surface area contributed by atoms with Gasteiger partial charge < -0.3 is 4.90 Å². The van der Waals surface area contributed by atoms with Crippen molar-refractivity contribution in [3.8, 4) is 6.07 Å². The molecule has 0 radical (unpaired) electrons. The van der Waals surface area contributed by atoms with E-state index >= 15 is 0 Å². The highest BCUT2D eigenvalue weighted by Crippen LogP contribution is 2.42. The first-order valence-electron chi connectivity index (χ1n) is 5.00. The van der Waals surface area contributed by atoms with Gasteiger partial charge in [-0.1, -0.05) is 6.08 Å². The summed E-state index contributed by atoms with van der Waals surface area (Å²) < 4.78 is 0. The van der Waals surface area contributed by atoms with Crippen LogP contribution in [0.1, 0.15) is 19.3 Å². The van der Waals surface area contributed by atoms with Crippen molar-refractivity contribution in [3.63, 3.8) is 0 Å². The van der Waals surface area contributed by atoms with E-state index in [1.165, 1.54) is 0 Å². The number of piperidine rings is 1. The van der Waals surface area contributed by atoms with Gasteiger partial charge in [-0.2, -0.15) is 5.26 Å². The van der Waals surface area contributed by atoms with Crippen LogP contribution < -0.4 is 0 Å². The molecular formula is C11H14N2O. The maximum atomic E-state index is 11.5. The Morgan fingerprint density at radius 3 is 2.64 bits per heavy atom. The lowest BCUT2D eigenvalue weighted by atomic mass is 9.78. The molecule has 1 heterocycles. The molecular weight excluding hydrogens is 176 g/mol. The largest absolute Gasteiger partial charge is 0.306 e. The molecule has 0 saturated carbocycles. The van der Waals surface area contributed by atoms with Gasteiger partial charge in [0.25, 0.3) is 0 Å². The zero-order chi connectivity index (χ0) is 10.2. The van der Waals surface area contributed by atoms with E-state index < -0.39 is 0 Å². The van der Waals surface area contributed by atoms with E-state index in [2.05, 4.69) is 11.9 Å². The predicted molar refractivity (Wildman–Crippen MR) is 52.5 cm³/mol. The lowest BCUT2D eigenvalue weighted by Crippen LogP contribution is -2.36. The highest BCUT2D eigenvalue weighted by atomic mass is 16.1. The highest BCUT2D eigenvalue weighted by Gasteiger charge is 2.39. The minimum absolute atomic E-state index is 0.0225. The Balaban J connectivity index is 2.17. The summed E-state index contributed by atoms with van der Waals surface area (Å²) in [6.07, 6.45) is 4.51. The number of nitrogens with zero attached hydrogens (tertiary/aromatic N) is 2. The van der Waals surface area contributed by atoms with Gasteiger partial charge in [0.15, 0.2) is 5.78 Å². The monoisotopic (exact) mass is 190 g/mol. The second-order valence-corrected chi connectivity index (χ2v) is 4.44. The van der Waals surface area contributed by atoms with Crippen LogP contribution in [0.4, 0.5) is 0 Å². The van der Waals surface area contributed by atoms with Gasteiger partial charge in [-0.3, -0.25) is 4.79 Å². The quantitative estimate of drug-likeness (QED) is 0.575. The molecule has 2 aliphatic rings. The third-order valence-electron chi connectivity index (χ3n) is 3.37. The second-order valence-electron chi connectivity index (χ2n) is 4.44. The van der Waals surface area contributed by atoms with Crippen LogP contribution in [0.5, 0.6) is 0 Å². The molecule has 0 atom stereocenters. The third-order valence-corrected chi connectivity index (χ3v) is 3.37. The van der Waals surface area contributed by atoms with Crippen LogP contribution in [0.25, 0.3) is 0 Å². The number of Topliss-reactive ketones (excluding diaryl/α,β-unsaturated/α-hetero) is 1. The number of rotatable bonds is 0. The summed E-state index contributed by atoms with van der Waals surface area (Å²) in [5.74, 6) is 0.0389. The van der Waals surface area contributed by atoms with Gasteiger partial charge in [0.1, 0.15) is 6.07 Å². The molecule has 3 nitrogen and oxygen atoms in total. The van der Waals surface area contributed by atoms with Crippen molar-refractivity contribution in [1.82, 2.24) is 4.90 Å². The predicted octanol–water partition coefficient (Wildman–Crippen LogP) is 1.12. The van der Waals surface area contributed by atoms with E-state index in [9.17, 15) is 4.79 Å². The van der Waals surface area contributed by atoms with Crippen LogP contribution in [0.2, 0.25) is 0 Å². The van der Waals surface area contributed by atoms with Gasteiger partial charge in [-0.05, 0) is 38.4 Å². The smallest absolute Gasteiger partial charge is 0.173 e. The molecule has 1 spiro atoms. The molecule has 0 aromatic heterocycles. The fourth-order valence-electron chi connectivity index (χ4n) is 2.33. The van der Waals surface area contributed by atoms with Gasteiger partial charge in [-0.15, -0.1) is 0 Å². The number of hydrogen-bond acceptors (Lipinski definition) is 3. The first kappa shape index (κ1) is 9.42. The van der Waals surface area contributed by atoms with Crippen molar-refractivity contribution in [1.29, 1.82) is 5.26 Å². The number of nitriles is 1. The number of carbonyl (C=O) groups excluding carboxylic acids is 1. The molecule has 1 fully saturated rings. The minimum atomic E-state index is 0.0225. The lowest BCUT2D eigenvalue weighted by molar-refractivity contribution is -0.116. The van der Waals surface area contributed by atoms with E-state index in [0.29, 0.717) is 12.0 Å². The van der Waals surface area contributed by atoms with Gasteiger partial charge in [-0.25, -0.2) is 0 Å². The molecule has 2 rings (SSSR count). The number of hydrogen-bond donors (Lipinski definition) is 0. The van der Waals surface area contributed by atoms with Gasteiger partial charge in [0.05, 0.1) is 5.57 Å². The van der Waals surface area contributed by atoms with Gasteiger partial charge in [0, 0.05) is 6.42 Å². The fraction of sp³-hybridized carbons (Fsp3) is 0.636. The lowest BCUT2D eigenvalue weighted by Gasteiger charge is -2.35. The third kappa shape index (κ3) is 1.46. The van der Waals surface area contributed by atoms with Crippen LogP contribution in [-0.4, -0.2) is 30.8 Å². The Hall–Kier alpha value is -1.14. The summed E-state index contributed by atoms with van der Waals surface area (Å²) in [5.41, 5.74) is 0.406. The fourth-order valence-corrected chi connectivity index (χ4v) is 2.33. The molecule has 14 heavy (non-hydrogen) atoms. The summed E-state index contributed by atoms with van der Waals surface area (Å²) >= 11 is 0. The van der Waals surface area contributed by atoms with E-state index in [1.807, 2.05) is 12.1 Å². The average Bonchev–Trinajstić information content (AvgIpc) is 2.49. The molecule has 1 aliphatic heterocycles. The summed E-state index contributed by atoms with van der Waals surface area (Å²) in [7, 11) is 2.10. The number of allylic oxidation sites excluding steroid dienone is 2. The van der Waals surface area contributed by atoms with E-state index in [4.69, 9.17) is 5.26 Å². The summed E-state index contributed by atoms with van der Waals surface area (Å²) in [6.45, 7) is 2.06. The molecule has 0 bridgehead atoms. The zero-order valence-electron chi connectivity index (χ0n) is 8.42. The van der Waals surface area contributed by atoms with E-state index in [0.717, 1.165) is 25.9 Å². The summed E-state index contributed by atoms with van der Waals surface area (Å²) in [4.78, 5) is 13.7. The molecule has 0 aromatic carbocycles. The van der Waals surface area contributed by atoms with Crippen LogP contribution >= 0.6 is 0 Å². The molecule has 0 N–H and O–H groups in total. The Kier molecular flexibility index (Phi) is 2.16. The Morgan fingerprint density at radius 1 is 1.50 bits per heavy atom. The molecule has 3 heteroatoms. The van der Waals surface area contributed by atoms with Crippen molar-refractivity contribution in [3.05, 3.63) is 11.6 Å². The Labute approximate surface area is 84.0 Å². The Bertz CT molecular complexity index is 330. The van der Waals surface area contributed by atoms with E-state index in [1.54, 1.807) is 0 Å². The topological polar surface area (TPSA) is 44.1 Å². The van der Waals surface area contributed by atoms with Crippen molar-refractivity contribution in [2.24, 2.45) is 5.41 Å². The molecule has 0 unspecified atom stereocenters. The van der Waals surface area contributed by atoms with Crippen LogP contribution in [0, 0.1) is 16.7 Å². The average molecular weight is 190 g/mol. The van der Waals surface area contributed by atoms with Crippen molar-refractivity contribution < 1.29 is 4.79 Å². The molecule has 1 saturated heterocycles. The maximum absolute atomic E-state index is 11.5. The van der Waals surface area contributed by atoms with Crippen molar-refractivity contribution in [2.75, 3.05) is 20.1 Å². The van der Waals surface area contributed by atoms with Crippen LogP contribution in [-0.2, 0) is 4.79 Å². The number of carbonyl (C=O) groups is 1. The standard InChI is InChI=1S/C11H14N2O/c1-13-4-2-11(3-5-13)6-9(8-12)10(14)7-11/h6H,2-5,7H2,1H3.